The van der Waals surface area contributed by atoms with E-state index in [-0.39, 0.29) is 6.61 Å². The molecule has 0 aliphatic rings. The first kappa shape index (κ1) is 13.1. The number of rotatable bonds is 4. The molecule has 0 fully saturated rings. The molecule has 1 heterocycles. The van der Waals surface area contributed by atoms with Crippen molar-refractivity contribution in [3.8, 4) is 17.6 Å². The van der Waals surface area contributed by atoms with Gasteiger partial charge in [0, 0.05) is 6.07 Å². The van der Waals surface area contributed by atoms with E-state index in [1.54, 1.807) is 30.3 Å². The molecule has 2 rings (SSSR count). The summed E-state index contributed by atoms with van der Waals surface area (Å²) in [5.74, 6) is 1.04. The van der Waals surface area contributed by atoms with E-state index in [1.165, 1.54) is 7.11 Å². The fourth-order valence-electron chi connectivity index (χ4n) is 1.43. The number of hydrogen-bond acceptors (Lipinski definition) is 5. The Labute approximate surface area is 115 Å². The summed E-state index contributed by atoms with van der Waals surface area (Å²) in [5, 5.41) is 16.7. The number of ether oxygens (including phenoxy) is 2. The molecule has 0 bridgehead atoms. The second-order valence-electron chi connectivity index (χ2n) is 3.61. The van der Waals surface area contributed by atoms with Gasteiger partial charge < -0.3 is 9.47 Å². The third-order valence-corrected chi connectivity index (χ3v) is 2.56. The van der Waals surface area contributed by atoms with Crippen LogP contribution in [0.5, 0.6) is 11.5 Å². The van der Waals surface area contributed by atoms with Crippen molar-refractivity contribution in [3.05, 3.63) is 46.7 Å². The summed E-state index contributed by atoms with van der Waals surface area (Å²) < 4.78 is 10.7. The minimum absolute atomic E-state index is 0.242. The summed E-state index contributed by atoms with van der Waals surface area (Å²) >= 11 is 5.64. The molecule has 0 unspecified atom stereocenters. The third-order valence-electron chi connectivity index (χ3n) is 2.36. The fraction of sp³-hybridized carbons (Fsp3) is 0.154. The van der Waals surface area contributed by atoms with Crippen LogP contribution in [0, 0.1) is 11.3 Å². The van der Waals surface area contributed by atoms with Crippen molar-refractivity contribution >= 4 is 11.6 Å². The Balaban J connectivity index is 2.11. The van der Waals surface area contributed by atoms with Crippen LogP contribution in [-0.4, -0.2) is 17.3 Å². The van der Waals surface area contributed by atoms with E-state index in [4.69, 9.17) is 26.3 Å². The summed E-state index contributed by atoms with van der Waals surface area (Å²) in [6, 6.07) is 10.4. The van der Waals surface area contributed by atoms with Crippen molar-refractivity contribution in [1.29, 1.82) is 5.26 Å². The van der Waals surface area contributed by atoms with E-state index in [2.05, 4.69) is 10.2 Å². The maximum atomic E-state index is 8.81. The van der Waals surface area contributed by atoms with Crippen molar-refractivity contribution in [3.63, 3.8) is 0 Å². The number of benzene rings is 1. The molecular formula is C13H10ClN3O2. The Morgan fingerprint density at radius 3 is 2.68 bits per heavy atom. The van der Waals surface area contributed by atoms with Gasteiger partial charge in [0.25, 0.3) is 0 Å². The first-order chi connectivity index (χ1) is 9.22. The maximum Gasteiger partial charge on any atom is 0.162 e. The van der Waals surface area contributed by atoms with Gasteiger partial charge in [-0.1, -0.05) is 11.6 Å². The van der Waals surface area contributed by atoms with Crippen molar-refractivity contribution in [2.24, 2.45) is 0 Å². The zero-order valence-corrected chi connectivity index (χ0v) is 10.9. The summed E-state index contributed by atoms with van der Waals surface area (Å²) in [4.78, 5) is 0. The lowest BCUT2D eigenvalue weighted by Crippen LogP contribution is -2.01. The molecule has 0 aliphatic carbocycles. The topological polar surface area (TPSA) is 68.0 Å². The molecule has 19 heavy (non-hydrogen) atoms. The average molecular weight is 276 g/mol. The molecule has 0 aliphatic heterocycles. The Morgan fingerprint density at radius 1 is 1.21 bits per heavy atom. The molecule has 0 atom stereocenters. The van der Waals surface area contributed by atoms with Gasteiger partial charge in [0.2, 0.25) is 0 Å². The molecule has 1 aromatic carbocycles. The Morgan fingerprint density at radius 2 is 2.05 bits per heavy atom. The van der Waals surface area contributed by atoms with Gasteiger partial charge in [-0.05, 0) is 24.3 Å². The minimum atomic E-state index is 0.242. The quantitative estimate of drug-likeness (QED) is 0.858. The van der Waals surface area contributed by atoms with Crippen LogP contribution in [0.3, 0.4) is 0 Å². The molecule has 0 saturated heterocycles. The predicted molar refractivity (Wildman–Crippen MR) is 69.1 cm³/mol. The molecule has 96 valence electrons. The molecule has 0 N–H and O–H groups in total. The van der Waals surface area contributed by atoms with E-state index in [0.717, 1.165) is 0 Å². The predicted octanol–water partition coefficient (Wildman–Crippen LogP) is 2.59. The van der Waals surface area contributed by atoms with Crippen LogP contribution in [0.25, 0.3) is 0 Å². The lowest BCUT2D eigenvalue weighted by atomic mass is 10.2. The fourth-order valence-corrected chi connectivity index (χ4v) is 1.53. The lowest BCUT2D eigenvalue weighted by molar-refractivity contribution is 0.279. The van der Waals surface area contributed by atoms with E-state index >= 15 is 0 Å². The average Bonchev–Trinajstić information content (AvgIpc) is 2.46. The SMILES string of the molecule is COc1cc(C#N)ccc1OCc1ccc(Cl)nn1. The van der Waals surface area contributed by atoms with Gasteiger partial charge in [0.15, 0.2) is 16.7 Å². The van der Waals surface area contributed by atoms with E-state index in [1.807, 2.05) is 6.07 Å². The smallest absolute Gasteiger partial charge is 0.162 e. The second-order valence-corrected chi connectivity index (χ2v) is 4.00. The van der Waals surface area contributed by atoms with Crippen LogP contribution in [0.2, 0.25) is 5.15 Å². The van der Waals surface area contributed by atoms with Gasteiger partial charge >= 0.3 is 0 Å². The van der Waals surface area contributed by atoms with Gasteiger partial charge in [-0.3, -0.25) is 0 Å². The zero-order valence-electron chi connectivity index (χ0n) is 10.1. The van der Waals surface area contributed by atoms with E-state index in [9.17, 15) is 0 Å². The number of nitriles is 1. The molecule has 0 saturated carbocycles. The highest BCUT2D eigenvalue weighted by Gasteiger charge is 2.06. The van der Waals surface area contributed by atoms with E-state index < -0.39 is 0 Å². The molecule has 0 radical (unpaired) electrons. The summed E-state index contributed by atoms with van der Waals surface area (Å²) in [5.41, 5.74) is 1.16. The highest BCUT2D eigenvalue weighted by Crippen LogP contribution is 2.28. The number of hydrogen-bond donors (Lipinski definition) is 0. The number of aromatic nitrogens is 2. The Bertz CT molecular complexity index is 608. The van der Waals surface area contributed by atoms with Gasteiger partial charge in [-0.25, -0.2) is 0 Å². The number of halogens is 1. The summed E-state index contributed by atoms with van der Waals surface area (Å²) in [6.07, 6.45) is 0. The van der Waals surface area contributed by atoms with Gasteiger partial charge in [-0.15, -0.1) is 5.10 Å². The number of nitrogens with zero attached hydrogens (tertiary/aromatic N) is 3. The molecule has 0 spiro atoms. The second kappa shape index (κ2) is 6.03. The van der Waals surface area contributed by atoms with Gasteiger partial charge in [-0.2, -0.15) is 10.4 Å². The molecule has 5 nitrogen and oxygen atoms in total. The molecule has 0 amide bonds. The normalized spacial score (nSPS) is 9.74. The molecule has 6 heteroatoms. The van der Waals surface area contributed by atoms with Crippen LogP contribution in [0.15, 0.2) is 30.3 Å². The van der Waals surface area contributed by atoms with E-state index in [0.29, 0.717) is 27.9 Å². The molecular weight excluding hydrogens is 266 g/mol. The summed E-state index contributed by atoms with van der Waals surface area (Å²) in [7, 11) is 1.52. The van der Waals surface area contributed by atoms with Crippen molar-refractivity contribution in [2.45, 2.75) is 6.61 Å². The van der Waals surface area contributed by atoms with Gasteiger partial charge in [0.05, 0.1) is 18.7 Å². The monoisotopic (exact) mass is 275 g/mol. The lowest BCUT2D eigenvalue weighted by Gasteiger charge is -2.10. The highest BCUT2D eigenvalue weighted by atomic mass is 35.5. The van der Waals surface area contributed by atoms with Gasteiger partial charge in [0.1, 0.15) is 12.3 Å². The van der Waals surface area contributed by atoms with Crippen molar-refractivity contribution in [1.82, 2.24) is 10.2 Å². The standard InChI is InChI=1S/C13H10ClN3O2/c1-18-12-6-9(7-15)2-4-11(12)19-8-10-3-5-13(14)17-16-10/h2-6H,8H2,1H3. The maximum absolute atomic E-state index is 8.81. The Hall–Kier alpha value is -2.32. The first-order valence-corrected chi connectivity index (χ1v) is 5.80. The molecule has 2 aromatic rings. The molecule has 1 aromatic heterocycles. The number of methoxy groups -OCH3 is 1. The first-order valence-electron chi connectivity index (χ1n) is 5.42. The van der Waals surface area contributed by atoms with Crippen LogP contribution in [-0.2, 0) is 6.61 Å². The van der Waals surface area contributed by atoms with Crippen LogP contribution < -0.4 is 9.47 Å². The summed E-state index contributed by atoms with van der Waals surface area (Å²) in [6.45, 7) is 0.242. The minimum Gasteiger partial charge on any atom is -0.493 e. The highest BCUT2D eigenvalue weighted by molar-refractivity contribution is 6.29. The van der Waals surface area contributed by atoms with Crippen molar-refractivity contribution < 1.29 is 9.47 Å². The largest absolute Gasteiger partial charge is 0.493 e. The van der Waals surface area contributed by atoms with Crippen LogP contribution in [0.1, 0.15) is 11.3 Å². The Kier molecular flexibility index (Phi) is 4.16. The van der Waals surface area contributed by atoms with Crippen LogP contribution >= 0.6 is 11.6 Å². The van der Waals surface area contributed by atoms with Crippen LogP contribution in [0.4, 0.5) is 0 Å². The third kappa shape index (κ3) is 3.33. The van der Waals surface area contributed by atoms with Crippen molar-refractivity contribution in [2.75, 3.05) is 7.11 Å². The zero-order chi connectivity index (χ0) is 13.7.